The first-order chi connectivity index (χ1) is 14.4. The molecule has 0 aliphatic carbocycles. The molecule has 3 amide bonds. The third kappa shape index (κ3) is 2.99. The molecule has 5 rings (SSSR count). The molecule has 0 spiro atoms. The summed E-state index contributed by atoms with van der Waals surface area (Å²) in [5.74, 6) is 0.922. The number of hydrogen-bond donors (Lipinski definition) is 1. The summed E-state index contributed by atoms with van der Waals surface area (Å²) in [5.41, 5.74) is 1.12. The number of aromatic amines is 1. The highest BCUT2D eigenvalue weighted by Crippen LogP contribution is 2.38. The highest BCUT2D eigenvalue weighted by molar-refractivity contribution is 6.05. The Labute approximate surface area is 176 Å². The van der Waals surface area contributed by atoms with Gasteiger partial charge in [-0.25, -0.2) is 0 Å². The second-order valence-corrected chi connectivity index (χ2v) is 9.44. The van der Waals surface area contributed by atoms with Crippen LogP contribution in [0.3, 0.4) is 0 Å². The molecule has 3 fully saturated rings. The maximum atomic E-state index is 13.2. The fourth-order valence-corrected chi connectivity index (χ4v) is 5.54. The zero-order valence-electron chi connectivity index (χ0n) is 17.6. The third-order valence-corrected chi connectivity index (χ3v) is 7.31. The van der Waals surface area contributed by atoms with Crippen LogP contribution < -0.4 is 0 Å². The average molecular weight is 409 g/mol. The molecule has 3 aliphatic heterocycles. The Hall–Kier alpha value is -2.83. The Balaban J connectivity index is 1.24. The fraction of sp³-hybridized carbons (Fsp3) is 0.522. The molecule has 158 valence electrons. The van der Waals surface area contributed by atoms with E-state index in [2.05, 4.69) is 4.98 Å². The van der Waals surface area contributed by atoms with Crippen molar-refractivity contribution in [3.63, 3.8) is 0 Å². The lowest BCUT2D eigenvalue weighted by Gasteiger charge is -2.30. The number of rotatable bonds is 2. The minimum absolute atomic E-state index is 0.0380. The lowest BCUT2D eigenvalue weighted by atomic mass is 9.88. The second kappa shape index (κ2) is 6.86. The topological polar surface area (TPSA) is 76.7 Å². The van der Waals surface area contributed by atoms with Crippen LogP contribution in [-0.4, -0.2) is 76.7 Å². The maximum Gasteiger partial charge on any atom is 0.256 e. The molecule has 4 heterocycles. The SMILES string of the molecule is CC(=O)N1CCC(C)(C(=O)N2C[C@H]3CN(C(=O)c4cccc5cc[nH]c45)C[C@H]3C2)C1. The Morgan fingerprint density at radius 2 is 1.70 bits per heavy atom. The van der Waals surface area contributed by atoms with E-state index in [1.54, 1.807) is 11.8 Å². The molecule has 1 unspecified atom stereocenters. The monoisotopic (exact) mass is 408 g/mol. The van der Waals surface area contributed by atoms with Gasteiger partial charge in [0.25, 0.3) is 5.91 Å². The van der Waals surface area contributed by atoms with E-state index in [4.69, 9.17) is 0 Å². The Kier molecular flexibility index (Phi) is 4.38. The Morgan fingerprint density at radius 1 is 1.00 bits per heavy atom. The minimum Gasteiger partial charge on any atom is -0.361 e. The maximum absolute atomic E-state index is 13.2. The molecule has 0 bridgehead atoms. The van der Waals surface area contributed by atoms with Gasteiger partial charge in [0.15, 0.2) is 0 Å². The molecule has 2 aromatic rings. The van der Waals surface area contributed by atoms with Gasteiger partial charge < -0.3 is 19.7 Å². The van der Waals surface area contributed by atoms with Gasteiger partial charge in [0.1, 0.15) is 0 Å². The van der Waals surface area contributed by atoms with Crippen molar-refractivity contribution in [1.82, 2.24) is 19.7 Å². The van der Waals surface area contributed by atoms with E-state index < -0.39 is 5.41 Å². The highest BCUT2D eigenvalue weighted by Gasteiger charge is 2.49. The largest absolute Gasteiger partial charge is 0.361 e. The van der Waals surface area contributed by atoms with Gasteiger partial charge in [-0.1, -0.05) is 12.1 Å². The summed E-state index contributed by atoms with van der Waals surface area (Å²) in [6.07, 6.45) is 2.59. The number of amides is 3. The van der Waals surface area contributed by atoms with E-state index >= 15 is 0 Å². The average Bonchev–Trinajstić information content (AvgIpc) is 3.48. The standard InChI is InChI=1S/C23H28N4O3/c1-15(28)25-9-7-23(2,14-25)22(30)27-12-17-10-26(11-18(17)13-27)21(29)19-5-3-4-16-6-8-24-20(16)19/h3-6,8,17-18,24H,7,9-14H2,1-2H3/t17-,18+,23?. The van der Waals surface area contributed by atoms with Crippen LogP contribution in [0.5, 0.6) is 0 Å². The molecule has 1 aromatic heterocycles. The van der Waals surface area contributed by atoms with Crippen LogP contribution in [-0.2, 0) is 9.59 Å². The van der Waals surface area contributed by atoms with Crippen LogP contribution in [0, 0.1) is 17.3 Å². The van der Waals surface area contributed by atoms with Crippen LogP contribution in [0.15, 0.2) is 30.5 Å². The van der Waals surface area contributed by atoms with E-state index in [0.29, 0.717) is 56.7 Å². The number of fused-ring (bicyclic) bond motifs is 2. The summed E-state index contributed by atoms with van der Waals surface area (Å²) in [4.78, 5) is 46.9. The van der Waals surface area contributed by atoms with Crippen molar-refractivity contribution in [2.24, 2.45) is 17.3 Å². The van der Waals surface area contributed by atoms with Crippen LogP contribution in [0.4, 0.5) is 0 Å². The van der Waals surface area contributed by atoms with Crippen LogP contribution >= 0.6 is 0 Å². The van der Waals surface area contributed by atoms with Crippen molar-refractivity contribution in [2.45, 2.75) is 20.3 Å². The van der Waals surface area contributed by atoms with Crippen molar-refractivity contribution in [2.75, 3.05) is 39.3 Å². The van der Waals surface area contributed by atoms with E-state index in [1.165, 1.54) is 0 Å². The van der Waals surface area contributed by atoms with Crippen LogP contribution in [0.25, 0.3) is 10.9 Å². The summed E-state index contributed by atoms with van der Waals surface area (Å²) in [7, 11) is 0. The normalized spacial score (nSPS) is 28.4. The molecular weight excluding hydrogens is 380 g/mol. The molecule has 30 heavy (non-hydrogen) atoms. The lowest BCUT2D eigenvalue weighted by molar-refractivity contribution is -0.140. The number of aromatic nitrogens is 1. The number of nitrogens with one attached hydrogen (secondary N) is 1. The van der Waals surface area contributed by atoms with Crippen LogP contribution in [0.1, 0.15) is 30.6 Å². The molecule has 1 aromatic carbocycles. The van der Waals surface area contributed by atoms with E-state index in [1.807, 2.05) is 47.2 Å². The number of likely N-dealkylation sites (tertiary alicyclic amines) is 3. The predicted octanol–water partition coefficient (Wildman–Crippen LogP) is 1.96. The number of para-hydroxylation sites is 1. The fourth-order valence-electron chi connectivity index (χ4n) is 5.54. The highest BCUT2D eigenvalue weighted by atomic mass is 16.2. The van der Waals surface area contributed by atoms with Gasteiger partial charge in [0.2, 0.25) is 11.8 Å². The van der Waals surface area contributed by atoms with Gasteiger partial charge >= 0.3 is 0 Å². The Morgan fingerprint density at radius 3 is 2.37 bits per heavy atom. The van der Waals surface area contributed by atoms with Gasteiger partial charge in [-0.15, -0.1) is 0 Å². The predicted molar refractivity (Wildman–Crippen MR) is 113 cm³/mol. The summed E-state index contributed by atoms with van der Waals surface area (Å²) in [6, 6.07) is 7.78. The molecule has 0 saturated carbocycles. The van der Waals surface area contributed by atoms with Crippen molar-refractivity contribution in [3.05, 3.63) is 36.0 Å². The summed E-state index contributed by atoms with van der Waals surface area (Å²) in [6.45, 7) is 7.52. The number of H-pyrrole nitrogens is 1. The van der Waals surface area contributed by atoms with Gasteiger partial charge in [-0.2, -0.15) is 0 Å². The van der Waals surface area contributed by atoms with Crippen LogP contribution in [0.2, 0.25) is 0 Å². The van der Waals surface area contributed by atoms with Crippen molar-refractivity contribution in [1.29, 1.82) is 0 Å². The number of hydrogen-bond acceptors (Lipinski definition) is 3. The van der Waals surface area contributed by atoms with Gasteiger partial charge in [0, 0.05) is 69.6 Å². The quantitative estimate of drug-likeness (QED) is 0.825. The number of carbonyl (C=O) groups excluding carboxylic acids is 3. The molecule has 3 aliphatic rings. The molecule has 7 heteroatoms. The number of carbonyl (C=O) groups is 3. The first-order valence-corrected chi connectivity index (χ1v) is 10.8. The van der Waals surface area contributed by atoms with E-state index in [0.717, 1.165) is 17.3 Å². The number of nitrogens with zero attached hydrogens (tertiary/aromatic N) is 3. The first-order valence-electron chi connectivity index (χ1n) is 10.8. The second-order valence-electron chi connectivity index (χ2n) is 9.44. The molecule has 0 radical (unpaired) electrons. The third-order valence-electron chi connectivity index (χ3n) is 7.31. The van der Waals surface area contributed by atoms with Crippen molar-refractivity contribution in [3.8, 4) is 0 Å². The van der Waals surface area contributed by atoms with Crippen molar-refractivity contribution < 1.29 is 14.4 Å². The minimum atomic E-state index is -0.483. The lowest BCUT2D eigenvalue weighted by Crippen LogP contribution is -2.44. The summed E-state index contributed by atoms with van der Waals surface area (Å²) >= 11 is 0. The van der Waals surface area contributed by atoms with Gasteiger partial charge in [-0.3, -0.25) is 14.4 Å². The zero-order valence-corrected chi connectivity index (χ0v) is 17.6. The molecule has 7 nitrogen and oxygen atoms in total. The van der Waals surface area contributed by atoms with Gasteiger partial charge in [-0.05, 0) is 25.5 Å². The Bertz CT molecular complexity index is 1020. The number of benzene rings is 1. The van der Waals surface area contributed by atoms with E-state index in [9.17, 15) is 14.4 Å². The van der Waals surface area contributed by atoms with E-state index in [-0.39, 0.29) is 17.7 Å². The summed E-state index contributed by atoms with van der Waals surface area (Å²) < 4.78 is 0. The molecule has 3 saturated heterocycles. The first kappa shape index (κ1) is 19.2. The van der Waals surface area contributed by atoms with Gasteiger partial charge in [0.05, 0.1) is 16.5 Å². The summed E-state index contributed by atoms with van der Waals surface area (Å²) in [5, 5.41) is 1.04. The van der Waals surface area contributed by atoms with Crippen molar-refractivity contribution >= 4 is 28.6 Å². The molecule has 3 atom stereocenters. The molecule has 1 N–H and O–H groups in total. The zero-order chi connectivity index (χ0) is 21.0. The molecular formula is C23H28N4O3. The smallest absolute Gasteiger partial charge is 0.256 e.